The Hall–Kier alpha value is -1.25. The lowest BCUT2D eigenvalue weighted by Gasteiger charge is -2.38. The first-order chi connectivity index (χ1) is 14.8. The molecule has 33 heavy (non-hydrogen) atoms. The second-order valence-electron chi connectivity index (χ2n) is 13.3. The molecule has 0 aliphatic heterocycles. The van der Waals surface area contributed by atoms with Crippen LogP contribution in [0.3, 0.4) is 0 Å². The van der Waals surface area contributed by atoms with Gasteiger partial charge in [-0.25, -0.2) is 0 Å². The van der Waals surface area contributed by atoms with Crippen molar-refractivity contribution >= 4 is 8.60 Å². The predicted octanol–water partition coefficient (Wildman–Crippen LogP) is 8.19. The zero-order valence-corrected chi connectivity index (χ0v) is 23.7. The molecule has 0 heterocycles. The van der Waals surface area contributed by atoms with Gasteiger partial charge in [-0.05, 0) is 55.0 Å². The Morgan fingerprint density at radius 3 is 0.970 bits per heavy atom. The lowest BCUT2D eigenvalue weighted by atomic mass is 9.70. The van der Waals surface area contributed by atoms with E-state index in [1.807, 2.05) is 0 Å². The predicted molar refractivity (Wildman–Crippen MR) is 142 cm³/mol. The Bertz CT molecular complexity index is 824. The summed E-state index contributed by atoms with van der Waals surface area (Å²) in [5.74, 6) is 0. The van der Waals surface area contributed by atoms with E-state index >= 15 is 0 Å². The van der Waals surface area contributed by atoms with E-state index < -0.39 is 14.7 Å². The minimum atomic E-state index is -2.58. The van der Waals surface area contributed by atoms with Crippen molar-refractivity contribution in [1.82, 2.24) is 0 Å². The van der Waals surface area contributed by atoms with Gasteiger partial charge in [-0.1, -0.05) is 119 Å². The van der Waals surface area contributed by atoms with Crippen molar-refractivity contribution in [2.45, 2.75) is 111 Å². The minimum Gasteiger partial charge on any atom is -0.328 e. The van der Waals surface area contributed by atoms with Crippen molar-refractivity contribution < 1.29 is 14.3 Å². The highest BCUT2D eigenvalue weighted by Gasteiger charge is 2.37. The van der Waals surface area contributed by atoms with Crippen LogP contribution in [0.15, 0.2) is 36.4 Å². The third-order valence-corrected chi connectivity index (χ3v) is 6.57. The van der Waals surface area contributed by atoms with E-state index in [1.54, 1.807) is 0 Å². The van der Waals surface area contributed by atoms with Gasteiger partial charge >= 0.3 is 8.60 Å². The fourth-order valence-corrected chi connectivity index (χ4v) is 5.05. The summed E-state index contributed by atoms with van der Waals surface area (Å²) in [5, 5.41) is 0. The van der Waals surface area contributed by atoms with Gasteiger partial charge in [-0.2, -0.15) is 0 Å². The summed E-state index contributed by atoms with van der Waals surface area (Å²) in [6.07, 6.45) is -0.597. The van der Waals surface area contributed by atoms with Gasteiger partial charge in [0.25, 0.3) is 0 Å². The SMILES string of the molecule is CC(C)(C)c1cccc(C(C)(C)C)c1C(OP(O)O)c1c(C(C)(C)C)cccc1C(C)(C)C. The van der Waals surface area contributed by atoms with Gasteiger partial charge in [0.15, 0.2) is 0 Å². The largest absolute Gasteiger partial charge is 0.328 e. The van der Waals surface area contributed by atoms with Crippen molar-refractivity contribution in [2.24, 2.45) is 0 Å². The maximum atomic E-state index is 10.2. The van der Waals surface area contributed by atoms with E-state index in [4.69, 9.17) is 4.52 Å². The summed E-state index contributed by atoms with van der Waals surface area (Å²) in [6, 6.07) is 12.9. The first kappa shape index (κ1) is 28.0. The summed E-state index contributed by atoms with van der Waals surface area (Å²) < 4.78 is 6.14. The second-order valence-corrected chi connectivity index (χ2v) is 14.0. The average Bonchev–Trinajstić information content (AvgIpc) is 2.62. The maximum Gasteiger partial charge on any atom is 0.327 e. The van der Waals surface area contributed by atoms with Crippen LogP contribution in [-0.2, 0) is 26.2 Å². The molecule has 0 aliphatic rings. The number of benzene rings is 2. The molecular weight excluding hydrogens is 427 g/mol. The Balaban J connectivity index is 3.13. The van der Waals surface area contributed by atoms with Crippen molar-refractivity contribution in [1.29, 1.82) is 0 Å². The summed E-state index contributed by atoms with van der Waals surface area (Å²) in [5.41, 5.74) is 6.18. The Morgan fingerprint density at radius 2 is 0.788 bits per heavy atom. The molecule has 2 N–H and O–H groups in total. The molecule has 0 aliphatic carbocycles. The third kappa shape index (κ3) is 6.45. The second kappa shape index (κ2) is 9.42. The van der Waals surface area contributed by atoms with Crippen molar-refractivity contribution in [3.8, 4) is 0 Å². The Morgan fingerprint density at radius 1 is 0.545 bits per heavy atom. The highest BCUT2D eigenvalue weighted by atomic mass is 31.2. The first-order valence-corrected chi connectivity index (χ1v) is 13.0. The monoisotopic (exact) mass is 472 g/mol. The van der Waals surface area contributed by atoms with Crippen LogP contribution < -0.4 is 0 Å². The Labute approximate surface area is 203 Å². The van der Waals surface area contributed by atoms with Crippen LogP contribution in [0.1, 0.15) is 123 Å². The lowest BCUT2D eigenvalue weighted by Crippen LogP contribution is -2.28. The van der Waals surface area contributed by atoms with Crippen LogP contribution in [0.2, 0.25) is 0 Å². The minimum absolute atomic E-state index is 0.148. The summed E-state index contributed by atoms with van der Waals surface area (Å²) in [6.45, 7) is 26.5. The lowest BCUT2D eigenvalue weighted by molar-refractivity contribution is 0.196. The van der Waals surface area contributed by atoms with E-state index in [0.29, 0.717) is 0 Å². The van der Waals surface area contributed by atoms with Crippen molar-refractivity contribution in [2.75, 3.05) is 0 Å². The topological polar surface area (TPSA) is 49.7 Å². The van der Waals surface area contributed by atoms with E-state index in [2.05, 4.69) is 119 Å². The number of hydrogen-bond donors (Lipinski definition) is 2. The van der Waals surface area contributed by atoms with Gasteiger partial charge in [0.2, 0.25) is 0 Å². The molecule has 0 fully saturated rings. The third-order valence-electron chi connectivity index (χ3n) is 6.17. The molecule has 4 heteroatoms. The van der Waals surface area contributed by atoms with Gasteiger partial charge in [-0.15, -0.1) is 0 Å². The molecule has 2 rings (SSSR count). The zero-order valence-electron chi connectivity index (χ0n) is 22.8. The molecule has 184 valence electrons. The molecule has 2 aromatic carbocycles. The molecule has 0 spiro atoms. The Kier molecular flexibility index (Phi) is 7.99. The van der Waals surface area contributed by atoms with Crippen molar-refractivity contribution in [3.63, 3.8) is 0 Å². The van der Waals surface area contributed by atoms with Crippen LogP contribution in [0.4, 0.5) is 0 Å². The van der Waals surface area contributed by atoms with E-state index in [9.17, 15) is 9.79 Å². The smallest absolute Gasteiger partial charge is 0.327 e. The van der Waals surface area contributed by atoms with Gasteiger partial charge in [-0.3, -0.25) is 4.52 Å². The van der Waals surface area contributed by atoms with Crippen molar-refractivity contribution in [3.05, 3.63) is 69.8 Å². The molecule has 3 nitrogen and oxygen atoms in total. The van der Waals surface area contributed by atoms with Gasteiger partial charge < -0.3 is 9.79 Å². The molecule has 0 aromatic heterocycles. The highest BCUT2D eigenvalue weighted by molar-refractivity contribution is 7.39. The van der Waals surface area contributed by atoms with Crippen LogP contribution in [0, 0.1) is 0 Å². The fraction of sp³-hybridized carbons (Fsp3) is 0.586. The maximum absolute atomic E-state index is 10.2. The highest BCUT2D eigenvalue weighted by Crippen LogP contribution is 2.50. The zero-order chi connectivity index (χ0) is 25.6. The molecule has 0 radical (unpaired) electrons. The standard InChI is InChI=1S/C29H45O3P/c1-26(2,3)19-15-13-16-20(27(4,5)6)23(19)25(32-33(30)31)24-21(28(7,8)9)17-14-18-22(24)29(10,11)12/h13-18,25,30-31H,1-12H3. The van der Waals surface area contributed by atoms with Gasteiger partial charge in [0.05, 0.1) is 0 Å². The van der Waals surface area contributed by atoms with E-state index in [0.717, 1.165) is 11.1 Å². The van der Waals surface area contributed by atoms with E-state index in [1.165, 1.54) is 22.3 Å². The molecule has 0 saturated carbocycles. The van der Waals surface area contributed by atoms with Crippen LogP contribution in [0.5, 0.6) is 0 Å². The molecule has 0 unspecified atom stereocenters. The quantitative estimate of drug-likeness (QED) is 0.441. The van der Waals surface area contributed by atoms with E-state index in [-0.39, 0.29) is 21.7 Å². The normalized spacial score (nSPS) is 13.8. The number of hydrogen-bond acceptors (Lipinski definition) is 3. The number of rotatable bonds is 4. The van der Waals surface area contributed by atoms with Crippen LogP contribution in [-0.4, -0.2) is 9.79 Å². The fourth-order valence-electron chi connectivity index (χ4n) is 4.66. The summed E-state index contributed by atoms with van der Waals surface area (Å²) in [7, 11) is -2.58. The van der Waals surface area contributed by atoms with Gasteiger partial charge in [0.1, 0.15) is 6.10 Å². The molecule has 0 atom stereocenters. The molecule has 0 bridgehead atoms. The summed E-state index contributed by atoms with van der Waals surface area (Å²) >= 11 is 0. The van der Waals surface area contributed by atoms with Gasteiger partial charge in [0, 0.05) is 0 Å². The molecule has 2 aromatic rings. The molecular formula is C29H45O3P. The molecule has 0 amide bonds. The first-order valence-electron chi connectivity index (χ1n) is 11.9. The van der Waals surface area contributed by atoms with Crippen LogP contribution in [0.25, 0.3) is 0 Å². The van der Waals surface area contributed by atoms with Crippen LogP contribution >= 0.6 is 8.60 Å². The molecule has 0 saturated heterocycles. The average molecular weight is 473 g/mol. The summed E-state index contributed by atoms with van der Waals surface area (Å²) in [4.78, 5) is 20.4.